The van der Waals surface area contributed by atoms with Crippen LogP contribution in [0.4, 0.5) is 0 Å². The summed E-state index contributed by atoms with van der Waals surface area (Å²) in [7, 11) is 0. The van der Waals surface area contributed by atoms with Crippen LogP contribution in [0.15, 0.2) is 18.3 Å². The van der Waals surface area contributed by atoms with Crippen molar-refractivity contribution in [3.05, 3.63) is 24.0 Å². The minimum atomic E-state index is 0.426. The van der Waals surface area contributed by atoms with Crippen LogP contribution in [0.25, 0.3) is 0 Å². The molecule has 3 nitrogen and oxygen atoms in total. The second kappa shape index (κ2) is 7.51. The van der Waals surface area contributed by atoms with Gasteiger partial charge in [0.25, 0.3) is 0 Å². The highest BCUT2D eigenvalue weighted by atomic mass is 16.5. The molecule has 1 atom stereocenters. The topological polar surface area (TPSA) is 26.2 Å². The van der Waals surface area contributed by atoms with Crippen LogP contribution in [0.3, 0.4) is 0 Å². The summed E-state index contributed by atoms with van der Waals surface area (Å²) < 4.78 is 7.78. The smallest absolute Gasteiger partial charge is 0.0622 e. The predicted molar refractivity (Wildman–Crippen MR) is 72.1 cm³/mol. The monoisotopic (exact) mass is 238 g/mol. The molecule has 1 N–H and O–H groups in total. The fourth-order valence-corrected chi connectivity index (χ4v) is 1.89. The fourth-order valence-electron chi connectivity index (χ4n) is 1.89. The zero-order valence-corrected chi connectivity index (χ0v) is 11.6. The van der Waals surface area contributed by atoms with E-state index in [1.807, 2.05) is 6.92 Å². The van der Waals surface area contributed by atoms with E-state index in [9.17, 15) is 0 Å². The molecule has 0 amide bonds. The number of aryl methyl sites for hydroxylation is 1. The van der Waals surface area contributed by atoms with Gasteiger partial charge in [0.15, 0.2) is 0 Å². The van der Waals surface area contributed by atoms with E-state index in [-0.39, 0.29) is 0 Å². The van der Waals surface area contributed by atoms with E-state index in [1.165, 1.54) is 5.69 Å². The first-order valence-electron chi connectivity index (χ1n) is 6.64. The molecular weight excluding hydrogens is 212 g/mol. The van der Waals surface area contributed by atoms with E-state index in [4.69, 9.17) is 4.74 Å². The third-order valence-electron chi connectivity index (χ3n) is 3.12. The van der Waals surface area contributed by atoms with E-state index in [0.29, 0.717) is 12.0 Å². The highest BCUT2D eigenvalue weighted by molar-refractivity contribution is 5.06. The van der Waals surface area contributed by atoms with E-state index >= 15 is 0 Å². The van der Waals surface area contributed by atoms with Crippen LogP contribution in [-0.4, -0.2) is 23.8 Å². The standard InChI is InChI=1S/C14H26N2O/c1-5-16-9-7-8-13(16)10-15-14(12(3)4)11-17-6-2/h7-9,12,14-15H,5-6,10-11H2,1-4H3. The van der Waals surface area contributed by atoms with Crippen molar-refractivity contribution in [2.24, 2.45) is 5.92 Å². The Labute approximate surface area is 105 Å². The predicted octanol–water partition coefficient (Wildman–Crippen LogP) is 2.66. The number of aromatic nitrogens is 1. The van der Waals surface area contributed by atoms with Crippen molar-refractivity contribution in [3.63, 3.8) is 0 Å². The maximum atomic E-state index is 5.51. The van der Waals surface area contributed by atoms with Gasteiger partial charge < -0.3 is 14.6 Å². The fraction of sp³-hybridized carbons (Fsp3) is 0.714. The summed E-state index contributed by atoms with van der Waals surface area (Å²) in [6, 6.07) is 4.71. The lowest BCUT2D eigenvalue weighted by molar-refractivity contribution is 0.107. The molecule has 1 unspecified atom stereocenters. The molecule has 0 saturated heterocycles. The van der Waals surface area contributed by atoms with Gasteiger partial charge in [-0.1, -0.05) is 13.8 Å². The molecule has 0 bridgehead atoms. The maximum absolute atomic E-state index is 5.51. The Bertz CT molecular complexity index is 307. The molecule has 0 aliphatic heterocycles. The SMILES string of the molecule is CCOCC(NCc1cccn1CC)C(C)C. The molecule has 0 aromatic carbocycles. The van der Waals surface area contributed by atoms with Crippen LogP contribution >= 0.6 is 0 Å². The minimum Gasteiger partial charge on any atom is -0.380 e. The molecule has 0 fully saturated rings. The van der Waals surface area contributed by atoms with Gasteiger partial charge in [-0.25, -0.2) is 0 Å². The van der Waals surface area contributed by atoms with Crippen molar-refractivity contribution in [1.82, 2.24) is 9.88 Å². The summed E-state index contributed by atoms with van der Waals surface area (Å²) in [6.45, 7) is 12.2. The van der Waals surface area contributed by atoms with E-state index in [1.54, 1.807) is 0 Å². The molecule has 17 heavy (non-hydrogen) atoms. The lowest BCUT2D eigenvalue weighted by Gasteiger charge is -2.22. The zero-order valence-electron chi connectivity index (χ0n) is 11.6. The Morgan fingerprint density at radius 3 is 2.71 bits per heavy atom. The first kappa shape index (κ1) is 14.3. The van der Waals surface area contributed by atoms with Gasteiger partial charge in [0, 0.05) is 37.6 Å². The van der Waals surface area contributed by atoms with Gasteiger partial charge in [-0.05, 0) is 31.9 Å². The Kier molecular flexibility index (Phi) is 6.30. The van der Waals surface area contributed by atoms with Gasteiger partial charge >= 0.3 is 0 Å². The maximum Gasteiger partial charge on any atom is 0.0622 e. The molecular formula is C14H26N2O. The number of nitrogens with one attached hydrogen (secondary N) is 1. The Morgan fingerprint density at radius 1 is 1.35 bits per heavy atom. The van der Waals surface area contributed by atoms with E-state index < -0.39 is 0 Å². The summed E-state index contributed by atoms with van der Waals surface area (Å²) in [4.78, 5) is 0. The average Bonchev–Trinajstić information content (AvgIpc) is 2.76. The number of nitrogens with zero attached hydrogens (tertiary/aromatic N) is 1. The quantitative estimate of drug-likeness (QED) is 0.753. The zero-order chi connectivity index (χ0) is 12.7. The average molecular weight is 238 g/mol. The van der Waals surface area contributed by atoms with Crippen molar-refractivity contribution in [3.8, 4) is 0 Å². The van der Waals surface area contributed by atoms with Gasteiger partial charge in [-0.15, -0.1) is 0 Å². The molecule has 0 radical (unpaired) electrons. The number of hydrogen-bond donors (Lipinski definition) is 1. The molecule has 3 heteroatoms. The lowest BCUT2D eigenvalue weighted by Crippen LogP contribution is -2.38. The summed E-state index contributed by atoms with van der Waals surface area (Å²) in [5.74, 6) is 0.589. The summed E-state index contributed by atoms with van der Waals surface area (Å²) in [5.41, 5.74) is 1.34. The van der Waals surface area contributed by atoms with Crippen LogP contribution in [0, 0.1) is 5.92 Å². The second-order valence-corrected chi connectivity index (χ2v) is 4.68. The molecule has 98 valence electrons. The van der Waals surface area contributed by atoms with E-state index in [2.05, 4.69) is 49.0 Å². The van der Waals surface area contributed by atoms with Gasteiger partial charge in [-0.2, -0.15) is 0 Å². The third kappa shape index (κ3) is 4.52. The largest absolute Gasteiger partial charge is 0.380 e. The normalized spacial score (nSPS) is 13.2. The van der Waals surface area contributed by atoms with Crippen LogP contribution in [0.2, 0.25) is 0 Å². The van der Waals surface area contributed by atoms with Crippen molar-refractivity contribution in [2.45, 2.75) is 46.8 Å². The first-order chi connectivity index (χ1) is 8.19. The van der Waals surface area contributed by atoms with Crippen LogP contribution in [-0.2, 0) is 17.8 Å². The summed E-state index contributed by atoms with van der Waals surface area (Å²) in [5, 5.41) is 3.59. The van der Waals surface area contributed by atoms with Gasteiger partial charge in [-0.3, -0.25) is 0 Å². The molecule has 0 aliphatic rings. The minimum absolute atomic E-state index is 0.426. The molecule has 0 saturated carbocycles. The highest BCUT2D eigenvalue weighted by Crippen LogP contribution is 2.06. The number of hydrogen-bond acceptors (Lipinski definition) is 2. The Balaban J connectivity index is 2.45. The molecule has 1 heterocycles. The lowest BCUT2D eigenvalue weighted by atomic mass is 10.1. The second-order valence-electron chi connectivity index (χ2n) is 4.68. The van der Waals surface area contributed by atoms with Crippen molar-refractivity contribution < 1.29 is 4.74 Å². The van der Waals surface area contributed by atoms with Gasteiger partial charge in [0.1, 0.15) is 0 Å². The van der Waals surface area contributed by atoms with Crippen LogP contribution in [0.1, 0.15) is 33.4 Å². The molecule has 1 rings (SSSR count). The van der Waals surface area contributed by atoms with Crippen molar-refractivity contribution in [2.75, 3.05) is 13.2 Å². The van der Waals surface area contributed by atoms with Crippen molar-refractivity contribution >= 4 is 0 Å². The highest BCUT2D eigenvalue weighted by Gasteiger charge is 2.13. The third-order valence-corrected chi connectivity index (χ3v) is 3.12. The number of rotatable bonds is 8. The molecule has 1 aromatic heterocycles. The Hall–Kier alpha value is -0.800. The van der Waals surface area contributed by atoms with Gasteiger partial charge in [0.2, 0.25) is 0 Å². The molecule has 0 spiro atoms. The van der Waals surface area contributed by atoms with Gasteiger partial charge in [0.05, 0.1) is 6.61 Å². The van der Waals surface area contributed by atoms with Crippen LogP contribution < -0.4 is 5.32 Å². The van der Waals surface area contributed by atoms with E-state index in [0.717, 1.165) is 26.3 Å². The summed E-state index contributed by atoms with van der Waals surface area (Å²) >= 11 is 0. The first-order valence-corrected chi connectivity index (χ1v) is 6.64. The van der Waals surface area contributed by atoms with Crippen molar-refractivity contribution in [1.29, 1.82) is 0 Å². The molecule has 1 aromatic rings. The summed E-state index contributed by atoms with van der Waals surface area (Å²) in [6.07, 6.45) is 2.13. The molecule has 0 aliphatic carbocycles. The Morgan fingerprint density at radius 2 is 2.12 bits per heavy atom. The number of ether oxygens (including phenoxy) is 1. The van der Waals surface area contributed by atoms with Crippen LogP contribution in [0.5, 0.6) is 0 Å².